The quantitative estimate of drug-likeness (QED) is 0.884. The number of nitrogens with one attached hydrogen (secondary N) is 1. The molecule has 0 aliphatic heterocycles. The molecule has 0 fully saturated rings. The molecule has 0 aliphatic rings. The molecule has 0 aromatic carbocycles. The van der Waals surface area contributed by atoms with Gasteiger partial charge in [-0.05, 0) is 39.9 Å². The lowest BCUT2D eigenvalue weighted by Gasteiger charge is -2.27. The van der Waals surface area contributed by atoms with Crippen LogP contribution in [0.4, 0.5) is 5.69 Å². The van der Waals surface area contributed by atoms with E-state index in [2.05, 4.69) is 49.2 Å². The molecule has 0 saturated carbocycles. The first-order valence-electron chi connectivity index (χ1n) is 6.64. The number of aromatic nitrogens is 1. The van der Waals surface area contributed by atoms with Crippen molar-refractivity contribution in [2.24, 2.45) is 5.92 Å². The summed E-state index contributed by atoms with van der Waals surface area (Å²) < 4.78 is 0. The van der Waals surface area contributed by atoms with Crippen molar-refractivity contribution in [2.75, 3.05) is 26.0 Å². The Labute approximate surface area is 116 Å². The van der Waals surface area contributed by atoms with E-state index in [4.69, 9.17) is 0 Å². The molecular formula is C15H24N4. The highest BCUT2D eigenvalue weighted by molar-refractivity contribution is 5.60. The zero-order valence-electron chi connectivity index (χ0n) is 12.8. The van der Waals surface area contributed by atoms with Crippen molar-refractivity contribution in [2.45, 2.75) is 33.7 Å². The van der Waals surface area contributed by atoms with Gasteiger partial charge in [-0.3, -0.25) is 4.98 Å². The van der Waals surface area contributed by atoms with Gasteiger partial charge in [0.05, 0.1) is 16.9 Å². The summed E-state index contributed by atoms with van der Waals surface area (Å²) in [7, 11) is 4.12. The maximum absolute atomic E-state index is 9.28. The van der Waals surface area contributed by atoms with Crippen molar-refractivity contribution in [3.8, 4) is 6.07 Å². The van der Waals surface area contributed by atoms with Crippen LogP contribution in [0, 0.1) is 31.1 Å². The third kappa shape index (κ3) is 4.22. The largest absolute Gasteiger partial charge is 0.380 e. The highest BCUT2D eigenvalue weighted by Gasteiger charge is 2.17. The Morgan fingerprint density at radius 2 is 2.00 bits per heavy atom. The molecule has 19 heavy (non-hydrogen) atoms. The minimum atomic E-state index is 0.309. The highest BCUT2D eigenvalue weighted by atomic mass is 15.1. The van der Waals surface area contributed by atoms with Gasteiger partial charge in [0.2, 0.25) is 0 Å². The lowest BCUT2D eigenvalue weighted by molar-refractivity contribution is 0.344. The number of aryl methyl sites for hydroxylation is 2. The van der Waals surface area contributed by atoms with Crippen LogP contribution in [0.2, 0.25) is 0 Å². The molecule has 104 valence electrons. The van der Waals surface area contributed by atoms with Gasteiger partial charge in [0.15, 0.2) is 0 Å². The average molecular weight is 260 g/mol. The van der Waals surface area contributed by atoms with E-state index in [1.54, 1.807) is 0 Å². The molecule has 1 rings (SSSR count). The maximum Gasteiger partial charge on any atom is 0.103 e. The molecule has 4 heteroatoms. The molecule has 1 aromatic rings. The number of hydrogen-bond acceptors (Lipinski definition) is 4. The van der Waals surface area contributed by atoms with Crippen LogP contribution >= 0.6 is 0 Å². The van der Waals surface area contributed by atoms with E-state index < -0.39 is 0 Å². The van der Waals surface area contributed by atoms with E-state index in [1.165, 1.54) is 0 Å². The van der Waals surface area contributed by atoms with Crippen molar-refractivity contribution in [3.05, 3.63) is 23.0 Å². The summed E-state index contributed by atoms with van der Waals surface area (Å²) in [4.78, 5) is 6.50. The van der Waals surface area contributed by atoms with Gasteiger partial charge >= 0.3 is 0 Å². The topological polar surface area (TPSA) is 52.0 Å². The predicted molar refractivity (Wildman–Crippen MR) is 79.2 cm³/mol. The number of likely N-dealkylation sites (N-methyl/N-ethyl adjacent to an activating group) is 1. The summed E-state index contributed by atoms with van der Waals surface area (Å²) in [6.45, 7) is 9.15. The fourth-order valence-corrected chi connectivity index (χ4v) is 2.10. The molecule has 0 saturated heterocycles. The molecule has 1 aromatic heterocycles. The van der Waals surface area contributed by atoms with Crippen molar-refractivity contribution >= 4 is 5.69 Å². The van der Waals surface area contributed by atoms with Crippen molar-refractivity contribution in [1.82, 2.24) is 9.88 Å². The summed E-state index contributed by atoms with van der Waals surface area (Å²) in [5, 5.41) is 12.8. The van der Waals surface area contributed by atoms with Crippen LogP contribution < -0.4 is 5.32 Å². The van der Waals surface area contributed by atoms with Crippen LogP contribution in [0.3, 0.4) is 0 Å². The van der Waals surface area contributed by atoms with Gasteiger partial charge < -0.3 is 10.2 Å². The van der Waals surface area contributed by atoms with Crippen molar-refractivity contribution in [1.29, 1.82) is 5.26 Å². The second-order valence-corrected chi connectivity index (χ2v) is 5.64. The molecule has 1 heterocycles. The van der Waals surface area contributed by atoms with Crippen LogP contribution in [-0.4, -0.2) is 36.6 Å². The molecule has 1 N–H and O–H groups in total. The number of pyridine rings is 1. The third-order valence-electron chi connectivity index (χ3n) is 3.15. The number of hydrogen-bond donors (Lipinski definition) is 1. The second-order valence-electron chi connectivity index (χ2n) is 5.64. The summed E-state index contributed by atoms with van der Waals surface area (Å²) >= 11 is 0. The summed E-state index contributed by atoms with van der Waals surface area (Å²) in [5.74, 6) is 0.489. The Morgan fingerprint density at radius 3 is 2.47 bits per heavy atom. The molecule has 0 radical (unpaired) electrons. The van der Waals surface area contributed by atoms with Gasteiger partial charge in [0, 0.05) is 18.3 Å². The van der Waals surface area contributed by atoms with E-state index in [0.29, 0.717) is 17.5 Å². The molecule has 4 nitrogen and oxygen atoms in total. The SMILES string of the molecule is Cc1cc(NC(CN(C)C)C(C)C)c(C#N)c(C)n1. The molecule has 1 atom stereocenters. The maximum atomic E-state index is 9.28. The van der Waals surface area contributed by atoms with Gasteiger partial charge in [-0.15, -0.1) is 0 Å². The number of anilines is 1. The van der Waals surface area contributed by atoms with Crippen molar-refractivity contribution < 1.29 is 0 Å². The first-order chi connectivity index (χ1) is 8.85. The number of nitrogens with zero attached hydrogens (tertiary/aromatic N) is 3. The minimum absolute atomic E-state index is 0.309. The van der Waals surface area contributed by atoms with Gasteiger partial charge in [-0.1, -0.05) is 13.8 Å². The average Bonchev–Trinajstić information content (AvgIpc) is 2.26. The van der Waals surface area contributed by atoms with Crippen LogP contribution in [-0.2, 0) is 0 Å². The summed E-state index contributed by atoms with van der Waals surface area (Å²) in [5.41, 5.74) is 3.27. The van der Waals surface area contributed by atoms with E-state index in [0.717, 1.165) is 23.6 Å². The Hall–Kier alpha value is -1.60. The van der Waals surface area contributed by atoms with Gasteiger partial charge in [0.25, 0.3) is 0 Å². The molecular weight excluding hydrogens is 236 g/mol. The van der Waals surface area contributed by atoms with Crippen molar-refractivity contribution in [3.63, 3.8) is 0 Å². The Kier molecular flexibility index (Phi) is 5.31. The molecule has 0 aliphatic carbocycles. The Morgan fingerprint density at radius 1 is 1.37 bits per heavy atom. The van der Waals surface area contributed by atoms with E-state index in [1.807, 2.05) is 19.9 Å². The zero-order valence-corrected chi connectivity index (χ0v) is 12.8. The Bertz CT molecular complexity index is 472. The van der Waals surface area contributed by atoms with Crippen LogP contribution in [0.25, 0.3) is 0 Å². The van der Waals surface area contributed by atoms with E-state index in [-0.39, 0.29) is 0 Å². The molecule has 0 spiro atoms. The fraction of sp³-hybridized carbons (Fsp3) is 0.600. The van der Waals surface area contributed by atoms with Crippen LogP contribution in [0.15, 0.2) is 6.07 Å². The van der Waals surface area contributed by atoms with Crippen LogP contribution in [0.5, 0.6) is 0 Å². The zero-order chi connectivity index (χ0) is 14.6. The first-order valence-corrected chi connectivity index (χ1v) is 6.64. The summed E-state index contributed by atoms with van der Waals surface area (Å²) in [6, 6.07) is 4.51. The standard InChI is InChI=1S/C15H24N4/c1-10(2)15(9-19(5)6)18-14-7-11(3)17-12(4)13(14)8-16/h7,10,15H,9H2,1-6H3,(H,17,18). The van der Waals surface area contributed by atoms with E-state index >= 15 is 0 Å². The first kappa shape index (κ1) is 15.5. The van der Waals surface area contributed by atoms with Crippen LogP contribution in [0.1, 0.15) is 30.8 Å². The van der Waals surface area contributed by atoms with Gasteiger partial charge in [-0.25, -0.2) is 0 Å². The lowest BCUT2D eigenvalue weighted by Crippen LogP contribution is -2.36. The van der Waals surface area contributed by atoms with E-state index in [9.17, 15) is 5.26 Å². The predicted octanol–water partition coefficient (Wildman–Crippen LogP) is 2.57. The number of rotatable bonds is 5. The Balaban J connectivity index is 3.06. The lowest BCUT2D eigenvalue weighted by atomic mass is 10.0. The molecule has 0 amide bonds. The molecule has 0 bridgehead atoms. The molecule has 1 unspecified atom stereocenters. The second kappa shape index (κ2) is 6.53. The van der Waals surface area contributed by atoms with Gasteiger partial charge in [0.1, 0.15) is 6.07 Å². The number of nitriles is 1. The monoisotopic (exact) mass is 260 g/mol. The smallest absolute Gasteiger partial charge is 0.103 e. The normalized spacial score (nSPS) is 12.6. The highest BCUT2D eigenvalue weighted by Crippen LogP contribution is 2.21. The van der Waals surface area contributed by atoms with Gasteiger partial charge in [-0.2, -0.15) is 5.26 Å². The summed E-state index contributed by atoms with van der Waals surface area (Å²) in [6.07, 6.45) is 0. The third-order valence-corrected chi connectivity index (χ3v) is 3.15. The fourth-order valence-electron chi connectivity index (χ4n) is 2.10. The minimum Gasteiger partial charge on any atom is -0.380 e.